The number of likely N-dealkylation sites (N-methyl/N-ethyl adjacent to an activating group) is 1. The minimum atomic E-state index is -0.821. The third-order valence-corrected chi connectivity index (χ3v) is 6.23. The number of H-pyrrole nitrogens is 2. The Kier molecular flexibility index (Phi) is 6.03. The summed E-state index contributed by atoms with van der Waals surface area (Å²) >= 11 is 0. The van der Waals surface area contributed by atoms with Crippen molar-refractivity contribution in [3.8, 4) is 11.6 Å². The number of aromatic nitrogens is 5. The number of nitrogens with zero attached hydrogens (tertiary/aromatic N) is 5. The maximum atomic E-state index is 15.2. The van der Waals surface area contributed by atoms with Crippen molar-refractivity contribution in [3.05, 3.63) is 47.3 Å². The smallest absolute Gasteiger partial charge is 0.230 e. The predicted octanol–water partition coefficient (Wildman–Crippen LogP) is 4.85. The van der Waals surface area contributed by atoms with Crippen molar-refractivity contribution in [1.82, 2.24) is 30.0 Å². The van der Waals surface area contributed by atoms with Crippen molar-refractivity contribution < 1.29 is 13.5 Å². The molecule has 0 spiro atoms. The Bertz CT molecular complexity index is 1400. The summed E-state index contributed by atoms with van der Waals surface area (Å²) in [6.07, 6.45) is 0. The van der Waals surface area contributed by atoms with Crippen LogP contribution in [0.3, 0.4) is 0 Å². The zero-order valence-electron chi connectivity index (χ0n) is 21.0. The normalized spacial score (nSPS) is 15.0. The molecular formula is C25H30F2N8O. The number of ether oxygens (including phenoxy) is 1. The van der Waals surface area contributed by atoms with E-state index in [4.69, 9.17) is 4.74 Å². The second kappa shape index (κ2) is 9.05. The number of benzene rings is 1. The maximum Gasteiger partial charge on any atom is 0.230 e. The van der Waals surface area contributed by atoms with Gasteiger partial charge in [-0.15, -0.1) is 0 Å². The quantitative estimate of drug-likeness (QED) is 0.363. The highest BCUT2D eigenvalue weighted by Gasteiger charge is 2.22. The molecule has 9 nitrogen and oxygen atoms in total. The first-order valence-electron chi connectivity index (χ1n) is 11.9. The van der Waals surface area contributed by atoms with Gasteiger partial charge >= 0.3 is 0 Å². The first-order chi connectivity index (χ1) is 17.1. The summed E-state index contributed by atoms with van der Waals surface area (Å²) in [5.41, 5.74) is 1.93. The number of hydrogen-bond donors (Lipinski definition) is 3. The van der Waals surface area contributed by atoms with E-state index in [-0.39, 0.29) is 16.7 Å². The Morgan fingerprint density at radius 2 is 1.75 bits per heavy atom. The largest absolute Gasteiger partial charge is 0.433 e. The molecule has 3 N–H and O–H groups in total. The average Bonchev–Trinajstić information content (AvgIpc) is 3.43. The molecule has 0 radical (unpaired) electrons. The van der Waals surface area contributed by atoms with Gasteiger partial charge in [-0.3, -0.25) is 5.10 Å². The Labute approximate surface area is 207 Å². The molecule has 0 saturated carbocycles. The van der Waals surface area contributed by atoms with Gasteiger partial charge in [-0.1, -0.05) is 20.8 Å². The molecule has 3 aromatic heterocycles. The van der Waals surface area contributed by atoms with Crippen LogP contribution in [0.1, 0.15) is 32.2 Å². The summed E-state index contributed by atoms with van der Waals surface area (Å²) in [5, 5.41) is 10.8. The highest BCUT2D eigenvalue weighted by molar-refractivity contribution is 5.83. The van der Waals surface area contributed by atoms with Gasteiger partial charge in [0.05, 0.1) is 5.52 Å². The first kappa shape index (κ1) is 24.0. The Hall–Kier alpha value is -3.73. The van der Waals surface area contributed by atoms with Gasteiger partial charge < -0.3 is 24.8 Å². The molecule has 4 heterocycles. The van der Waals surface area contributed by atoms with E-state index in [0.717, 1.165) is 24.5 Å². The number of halogens is 2. The summed E-state index contributed by atoms with van der Waals surface area (Å²) in [6, 6.07) is 6.25. The Balaban J connectivity index is 1.51. The molecule has 0 unspecified atom stereocenters. The minimum absolute atomic E-state index is 0.0254. The first-order valence-corrected chi connectivity index (χ1v) is 11.9. The second-order valence-corrected chi connectivity index (χ2v) is 10.2. The van der Waals surface area contributed by atoms with Crippen molar-refractivity contribution in [2.45, 2.75) is 33.1 Å². The molecule has 190 valence electrons. The SMILES string of the molecule is Cc1cc2c(F)c(Oc3cc(Nc4cc(C(C)(C)C)[nH]n4)nc(N4CCN(C)CC4)n3)c(F)cc2[nH]1. The monoisotopic (exact) mass is 496 g/mol. The fraction of sp³-hybridized carbons (Fsp3) is 0.400. The molecule has 36 heavy (non-hydrogen) atoms. The lowest BCUT2D eigenvalue weighted by molar-refractivity contribution is 0.310. The van der Waals surface area contributed by atoms with Crippen molar-refractivity contribution >= 4 is 28.5 Å². The van der Waals surface area contributed by atoms with Gasteiger partial charge in [-0.2, -0.15) is 15.1 Å². The van der Waals surface area contributed by atoms with E-state index in [1.165, 1.54) is 12.1 Å². The summed E-state index contributed by atoms with van der Waals surface area (Å²) in [6.45, 7) is 11.1. The van der Waals surface area contributed by atoms with Gasteiger partial charge in [0.2, 0.25) is 17.6 Å². The molecule has 1 fully saturated rings. The number of rotatable bonds is 5. The van der Waals surface area contributed by atoms with Gasteiger partial charge in [0.25, 0.3) is 0 Å². The Morgan fingerprint density at radius 3 is 2.44 bits per heavy atom. The third-order valence-electron chi connectivity index (χ3n) is 6.23. The molecule has 0 atom stereocenters. The van der Waals surface area contributed by atoms with Crippen LogP contribution in [0, 0.1) is 18.6 Å². The molecular weight excluding hydrogens is 466 g/mol. The summed E-state index contributed by atoms with van der Waals surface area (Å²) in [7, 11) is 2.06. The third kappa shape index (κ3) is 4.83. The zero-order valence-corrected chi connectivity index (χ0v) is 21.0. The van der Waals surface area contributed by atoms with Crippen molar-refractivity contribution in [2.24, 2.45) is 0 Å². The topological polar surface area (TPSA) is 98.0 Å². The van der Waals surface area contributed by atoms with Crippen LogP contribution in [0.15, 0.2) is 24.3 Å². The van der Waals surface area contributed by atoms with E-state index in [2.05, 4.69) is 63.2 Å². The number of hydrogen-bond acceptors (Lipinski definition) is 7. The van der Waals surface area contributed by atoms with Crippen LogP contribution in [-0.4, -0.2) is 63.3 Å². The van der Waals surface area contributed by atoms with Crippen molar-refractivity contribution in [3.63, 3.8) is 0 Å². The molecule has 1 aliphatic heterocycles. The van der Waals surface area contributed by atoms with Crippen LogP contribution in [0.25, 0.3) is 10.9 Å². The maximum absolute atomic E-state index is 15.2. The lowest BCUT2D eigenvalue weighted by Crippen LogP contribution is -2.45. The number of piperazine rings is 1. The number of aryl methyl sites for hydroxylation is 1. The lowest BCUT2D eigenvalue weighted by atomic mass is 9.92. The molecule has 4 aromatic rings. The summed E-state index contributed by atoms with van der Waals surface area (Å²) in [4.78, 5) is 16.3. The van der Waals surface area contributed by atoms with Gasteiger partial charge in [-0.25, -0.2) is 8.78 Å². The van der Waals surface area contributed by atoms with Crippen LogP contribution in [0.5, 0.6) is 11.6 Å². The van der Waals surface area contributed by atoms with Crippen LogP contribution in [0.2, 0.25) is 0 Å². The molecule has 0 aliphatic carbocycles. The number of nitrogens with one attached hydrogen (secondary N) is 3. The molecule has 0 bridgehead atoms. The van der Waals surface area contributed by atoms with Crippen molar-refractivity contribution in [2.75, 3.05) is 43.4 Å². The standard InChI is InChI=1S/C25H30F2N8O/c1-14-10-15-17(28-14)11-16(26)23(22(15)27)36-21-13-19(29-20-12-18(32-33-20)25(2,3)4)30-24(31-21)35-8-6-34(5)7-9-35/h10-13,28H,6-9H2,1-5H3,(H2,29,30,31,32,33). The average molecular weight is 497 g/mol. The van der Waals surface area contributed by atoms with E-state index < -0.39 is 17.4 Å². The Morgan fingerprint density at radius 1 is 1.00 bits per heavy atom. The second-order valence-electron chi connectivity index (χ2n) is 10.2. The number of aromatic amines is 2. The predicted molar refractivity (Wildman–Crippen MR) is 135 cm³/mol. The molecule has 5 rings (SSSR count). The van der Waals surface area contributed by atoms with Crippen molar-refractivity contribution in [1.29, 1.82) is 0 Å². The highest BCUT2D eigenvalue weighted by atomic mass is 19.1. The van der Waals surface area contributed by atoms with Crippen LogP contribution in [-0.2, 0) is 5.41 Å². The van der Waals surface area contributed by atoms with Crippen LogP contribution < -0.4 is 15.0 Å². The van der Waals surface area contributed by atoms with E-state index in [1.54, 1.807) is 13.0 Å². The summed E-state index contributed by atoms with van der Waals surface area (Å²) in [5.74, 6) is -0.712. The number of anilines is 3. The van der Waals surface area contributed by atoms with Gasteiger partial charge in [-0.05, 0) is 20.0 Å². The van der Waals surface area contributed by atoms with E-state index in [1.807, 2.05) is 11.0 Å². The van der Waals surface area contributed by atoms with Crippen LogP contribution in [0.4, 0.5) is 26.4 Å². The van der Waals surface area contributed by atoms with E-state index in [0.29, 0.717) is 36.2 Å². The van der Waals surface area contributed by atoms with E-state index in [9.17, 15) is 4.39 Å². The molecule has 0 amide bonds. The van der Waals surface area contributed by atoms with Gasteiger partial charge in [0.15, 0.2) is 17.5 Å². The fourth-order valence-corrected chi connectivity index (χ4v) is 4.10. The molecule has 1 saturated heterocycles. The van der Waals surface area contributed by atoms with Gasteiger partial charge in [0, 0.05) is 66.6 Å². The van der Waals surface area contributed by atoms with E-state index >= 15 is 4.39 Å². The molecule has 1 aromatic carbocycles. The van der Waals surface area contributed by atoms with Gasteiger partial charge in [0.1, 0.15) is 5.82 Å². The zero-order chi connectivity index (χ0) is 25.6. The fourth-order valence-electron chi connectivity index (χ4n) is 4.10. The molecule has 11 heteroatoms. The minimum Gasteiger partial charge on any atom is -0.433 e. The van der Waals surface area contributed by atoms with Crippen LogP contribution >= 0.6 is 0 Å². The molecule has 1 aliphatic rings. The summed E-state index contributed by atoms with van der Waals surface area (Å²) < 4.78 is 35.8. The lowest BCUT2D eigenvalue weighted by Gasteiger charge is -2.32. The highest BCUT2D eigenvalue weighted by Crippen LogP contribution is 2.34. The number of fused-ring (bicyclic) bond motifs is 1.